The second-order valence-corrected chi connectivity index (χ2v) is 3.06. The number of aromatic amines is 1. The van der Waals surface area contributed by atoms with E-state index in [9.17, 15) is 4.79 Å². The SMILES string of the molecule is CCN(CCN)c1cc(=O)[nH]c(C)n1. The van der Waals surface area contributed by atoms with Gasteiger partial charge in [0.1, 0.15) is 11.6 Å². The van der Waals surface area contributed by atoms with E-state index in [1.54, 1.807) is 6.92 Å². The molecule has 0 unspecified atom stereocenters. The molecule has 0 aliphatic heterocycles. The van der Waals surface area contributed by atoms with Gasteiger partial charge in [-0.25, -0.2) is 4.98 Å². The van der Waals surface area contributed by atoms with Crippen molar-refractivity contribution in [3.63, 3.8) is 0 Å². The van der Waals surface area contributed by atoms with Gasteiger partial charge in [0.25, 0.3) is 5.56 Å². The minimum Gasteiger partial charge on any atom is -0.355 e. The number of anilines is 1. The number of aromatic nitrogens is 2. The maximum absolute atomic E-state index is 11.2. The van der Waals surface area contributed by atoms with Crippen LogP contribution in [0.2, 0.25) is 0 Å². The highest BCUT2D eigenvalue weighted by molar-refractivity contribution is 5.36. The van der Waals surface area contributed by atoms with Crippen molar-refractivity contribution in [1.82, 2.24) is 9.97 Å². The molecular weight excluding hydrogens is 180 g/mol. The van der Waals surface area contributed by atoms with Crippen LogP contribution in [0.3, 0.4) is 0 Å². The Morgan fingerprint density at radius 3 is 2.86 bits per heavy atom. The summed E-state index contributed by atoms with van der Waals surface area (Å²) >= 11 is 0. The van der Waals surface area contributed by atoms with Crippen LogP contribution in [0.25, 0.3) is 0 Å². The molecule has 0 saturated carbocycles. The zero-order chi connectivity index (χ0) is 10.6. The third-order valence-corrected chi connectivity index (χ3v) is 1.95. The van der Waals surface area contributed by atoms with Gasteiger partial charge in [0.2, 0.25) is 0 Å². The summed E-state index contributed by atoms with van der Waals surface area (Å²) in [5.41, 5.74) is 5.34. The average Bonchev–Trinajstić information content (AvgIpc) is 2.12. The van der Waals surface area contributed by atoms with Crippen molar-refractivity contribution in [2.24, 2.45) is 5.73 Å². The molecule has 5 heteroatoms. The third-order valence-electron chi connectivity index (χ3n) is 1.95. The summed E-state index contributed by atoms with van der Waals surface area (Å²) in [6, 6.07) is 1.49. The van der Waals surface area contributed by atoms with Crippen molar-refractivity contribution in [1.29, 1.82) is 0 Å². The van der Waals surface area contributed by atoms with Crippen molar-refractivity contribution < 1.29 is 0 Å². The third kappa shape index (κ3) is 2.56. The Morgan fingerprint density at radius 2 is 2.36 bits per heavy atom. The molecule has 0 aromatic carbocycles. The number of H-pyrrole nitrogens is 1. The first kappa shape index (κ1) is 10.7. The molecule has 78 valence electrons. The van der Waals surface area contributed by atoms with E-state index in [4.69, 9.17) is 5.73 Å². The number of nitrogens with two attached hydrogens (primary N) is 1. The maximum Gasteiger partial charge on any atom is 0.252 e. The number of nitrogens with zero attached hydrogens (tertiary/aromatic N) is 2. The number of aryl methyl sites for hydroxylation is 1. The van der Waals surface area contributed by atoms with Crippen LogP contribution in [-0.4, -0.2) is 29.6 Å². The van der Waals surface area contributed by atoms with Crippen molar-refractivity contribution in [3.8, 4) is 0 Å². The Bertz CT molecular complexity index is 347. The van der Waals surface area contributed by atoms with Gasteiger partial charge >= 0.3 is 0 Å². The molecule has 0 atom stereocenters. The zero-order valence-electron chi connectivity index (χ0n) is 8.58. The normalized spacial score (nSPS) is 10.2. The molecule has 1 aromatic heterocycles. The summed E-state index contributed by atoms with van der Waals surface area (Å²) in [4.78, 5) is 20.0. The standard InChI is InChI=1S/C9H16N4O/c1-3-13(5-4-10)8-6-9(14)12-7(2)11-8/h6H,3-5,10H2,1-2H3,(H,11,12,14). The Hall–Kier alpha value is -1.36. The summed E-state index contributed by atoms with van der Waals surface area (Å²) in [5.74, 6) is 1.32. The van der Waals surface area contributed by atoms with Crippen LogP contribution in [0, 0.1) is 6.92 Å². The molecule has 0 radical (unpaired) electrons. The average molecular weight is 196 g/mol. The number of rotatable bonds is 4. The highest BCUT2D eigenvalue weighted by Crippen LogP contribution is 2.05. The number of hydrogen-bond donors (Lipinski definition) is 2. The lowest BCUT2D eigenvalue weighted by Gasteiger charge is -2.20. The largest absolute Gasteiger partial charge is 0.355 e. The van der Waals surface area contributed by atoms with Gasteiger partial charge in [-0.05, 0) is 13.8 Å². The fraction of sp³-hybridized carbons (Fsp3) is 0.556. The molecule has 1 aromatic rings. The molecule has 14 heavy (non-hydrogen) atoms. The van der Waals surface area contributed by atoms with E-state index in [-0.39, 0.29) is 5.56 Å². The van der Waals surface area contributed by atoms with E-state index >= 15 is 0 Å². The lowest BCUT2D eigenvalue weighted by molar-refractivity contribution is 0.792. The van der Waals surface area contributed by atoms with Gasteiger partial charge in [0, 0.05) is 25.7 Å². The van der Waals surface area contributed by atoms with Gasteiger partial charge in [0.05, 0.1) is 0 Å². The molecule has 0 amide bonds. The summed E-state index contributed by atoms with van der Waals surface area (Å²) in [6.45, 7) is 5.84. The first-order chi connectivity index (χ1) is 6.67. The van der Waals surface area contributed by atoms with E-state index < -0.39 is 0 Å². The Balaban J connectivity index is 2.97. The fourth-order valence-corrected chi connectivity index (χ4v) is 1.32. The van der Waals surface area contributed by atoms with Crippen molar-refractivity contribution in [2.75, 3.05) is 24.5 Å². The number of likely N-dealkylation sites (N-methyl/N-ethyl adjacent to an activating group) is 1. The van der Waals surface area contributed by atoms with Gasteiger partial charge in [-0.3, -0.25) is 4.79 Å². The minimum atomic E-state index is -0.122. The molecule has 5 nitrogen and oxygen atoms in total. The molecule has 0 aliphatic rings. The highest BCUT2D eigenvalue weighted by Gasteiger charge is 2.05. The number of hydrogen-bond acceptors (Lipinski definition) is 4. The summed E-state index contributed by atoms with van der Waals surface area (Å²) < 4.78 is 0. The van der Waals surface area contributed by atoms with E-state index in [1.165, 1.54) is 6.07 Å². The van der Waals surface area contributed by atoms with Crippen LogP contribution >= 0.6 is 0 Å². The molecule has 0 aliphatic carbocycles. The Labute approximate surface area is 83.0 Å². The van der Waals surface area contributed by atoms with Crippen LogP contribution in [0.4, 0.5) is 5.82 Å². The van der Waals surface area contributed by atoms with Gasteiger partial charge in [-0.1, -0.05) is 0 Å². The van der Waals surface area contributed by atoms with Crippen LogP contribution in [0.15, 0.2) is 10.9 Å². The Kier molecular flexibility index (Phi) is 3.64. The molecule has 0 spiro atoms. The maximum atomic E-state index is 11.2. The number of nitrogens with one attached hydrogen (secondary N) is 1. The molecule has 0 bridgehead atoms. The van der Waals surface area contributed by atoms with Gasteiger partial charge in [0.15, 0.2) is 0 Å². The zero-order valence-corrected chi connectivity index (χ0v) is 8.58. The first-order valence-electron chi connectivity index (χ1n) is 4.70. The first-order valence-corrected chi connectivity index (χ1v) is 4.70. The van der Waals surface area contributed by atoms with Crippen LogP contribution < -0.4 is 16.2 Å². The smallest absolute Gasteiger partial charge is 0.252 e. The van der Waals surface area contributed by atoms with Crippen LogP contribution in [0.1, 0.15) is 12.7 Å². The molecule has 0 fully saturated rings. The van der Waals surface area contributed by atoms with E-state index in [2.05, 4.69) is 9.97 Å². The Morgan fingerprint density at radius 1 is 1.64 bits per heavy atom. The topological polar surface area (TPSA) is 75.0 Å². The second-order valence-electron chi connectivity index (χ2n) is 3.06. The summed E-state index contributed by atoms with van der Waals surface area (Å²) in [5, 5.41) is 0. The van der Waals surface area contributed by atoms with E-state index in [0.29, 0.717) is 24.7 Å². The lowest BCUT2D eigenvalue weighted by atomic mass is 10.4. The molecule has 1 heterocycles. The van der Waals surface area contributed by atoms with Crippen molar-refractivity contribution in [2.45, 2.75) is 13.8 Å². The predicted octanol–water partition coefficient (Wildman–Crippen LogP) is -0.137. The predicted molar refractivity (Wildman–Crippen MR) is 56.5 cm³/mol. The van der Waals surface area contributed by atoms with Crippen molar-refractivity contribution in [3.05, 3.63) is 22.2 Å². The quantitative estimate of drug-likeness (QED) is 0.703. The van der Waals surface area contributed by atoms with Crippen LogP contribution in [0.5, 0.6) is 0 Å². The van der Waals surface area contributed by atoms with Gasteiger partial charge in [-0.15, -0.1) is 0 Å². The van der Waals surface area contributed by atoms with Crippen LogP contribution in [-0.2, 0) is 0 Å². The van der Waals surface area contributed by atoms with Gasteiger partial charge < -0.3 is 15.6 Å². The minimum absolute atomic E-state index is 0.122. The molecule has 3 N–H and O–H groups in total. The fourth-order valence-electron chi connectivity index (χ4n) is 1.32. The lowest BCUT2D eigenvalue weighted by Crippen LogP contribution is -2.31. The van der Waals surface area contributed by atoms with E-state index in [1.807, 2.05) is 11.8 Å². The van der Waals surface area contributed by atoms with Gasteiger partial charge in [-0.2, -0.15) is 0 Å². The monoisotopic (exact) mass is 196 g/mol. The summed E-state index contributed by atoms with van der Waals surface area (Å²) in [7, 11) is 0. The molecule has 0 saturated heterocycles. The highest BCUT2D eigenvalue weighted by atomic mass is 16.1. The van der Waals surface area contributed by atoms with E-state index in [0.717, 1.165) is 6.54 Å². The summed E-state index contributed by atoms with van der Waals surface area (Å²) in [6.07, 6.45) is 0. The van der Waals surface area contributed by atoms with Crippen molar-refractivity contribution >= 4 is 5.82 Å². The molecular formula is C9H16N4O. The second kappa shape index (κ2) is 4.76. The molecule has 1 rings (SSSR count).